The number of hydrogen-bond donors (Lipinski definition) is 1. The maximum atomic E-state index is 4.65. The Kier molecular flexibility index (Phi) is 3.05. The highest BCUT2D eigenvalue weighted by molar-refractivity contribution is 5.61. The van der Waals surface area contributed by atoms with Gasteiger partial charge in [0.25, 0.3) is 0 Å². The molecule has 0 spiro atoms. The van der Waals surface area contributed by atoms with Gasteiger partial charge in [0.1, 0.15) is 0 Å². The molecule has 1 aliphatic rings. The first-order valence-corrected chi connectivity index (χ1v) is 7.28. The average Bonchev–Trinajstić information content (AvgIpc) is 2.99. The van der Waals surface area contributed by atoms with E-state index in [0.29, 0.717) is 0 Å². The fourth-order valence-corrected chi connectivity index (χ4v) is 2.70. The average molecular weight is 279 g/mol. The maximum Gasteiger partial charge on any atom is 0.182 e. The van der Waals surface area contributed by atoms with E-state index in [-0.39, 0.29) is 0 Å². The van der Waals surface area contributed by atoms with E-state index < -0.39 is 0 Å². The zero-order valence-electron chi connectivity index (χ0n) is 11.7. The topological polar surface area (TPSA) is 45.5 Å². The fourth-order valence-electron chi connectivity index (χ4n) is 2.70. The number of fused-ring (bicyclic) bond motifs is 1. The summed E-state index contributed by atoms with van der Waals surface area (Å²) in [6.07, 6.45) is 1.99. The van der Waals surface area contributed by atoms with Crippen molar-refractivity contribution in [3.05, 3.63) is 48.7 Å². The monoisotopic (exact) mass is 279 g/mol. The van der Waals surface area contributed by atoms with E-state index in [1.807, 2.05) is 41.0 Å². The van der Waals surface area contributed by atoms with Gasteiger partial charge in [-0.1, -0.05) is 30.3 Å². The number of pyridine rings is 1. The first kappa shape index (κ1) is 12.3. The molecule has 21 heavy (non-hydrogen) atoms. The Morgan fingerprint density at radius 2 is 1.81 bits per heavy atom. The molecule has 3 aromatic rings. The zero-order chi connectivity index (χ0) is 14.1. The third kappa shape index (κ3) is 2.36. The smallest absolute Gasteiger partial charge is 0.182 e. The number of anilines is 1. The van der Waals surface area contributed by atoms with Crippen LogP contribution in [0.4, 0.5) is 5.69 Å². The SMILES string of the molecule is c1ccc(-c2nc3cc(N4CCNCC4)ccn3n2)cc1. The highest BCUT2D eigenvalue weighted by atomic mass is 15.3. The van der Waals surface area contributed by atoms with Crippen molar-refractivity contribution < 1.29 is 0 Å². The third-order valence-electron chi connectivity index (χ3n) is 3.84. The van der Waals surface area contributed by atoms with Gasteiger partial charge in [-0.2, -0.15) is 0 Å². The molecule has 4 rings (SSSR count). The van der Waals surface area contributed by atoms with E-state index in [1.54, 1.807) is 0 Å². The number of benzene rings is 1. The summed E-state index contributed by atoms with van der Waals surface area (Å²) in [5, 5.41) is 7.92. The van der Waals surface area contributed by atoms with Gasteiger partial charge in [-0.25, -0.2) is 9.50 Å². The van der Waals surface area contributed by atoms with Gasteiger partial charge in [0.05, 0.1) is 0 Å². The molecule has 1 fully saturated rings. The van der Waals surface area contributed by atoms with Gasteiger partial charge in [-0.3, -0.25) is 0 Å². The second kappa shape index (κ2) is 5.18. The number of hydrogen-bond acceptors (Lipinski definition) is 4. The zero-order valence-corrected chi connectivity index (χ0v) is 11.7. The predicted molar refractivity (Wildman–Crippen MR) is 83.5 cm³/mol. The number of nitrogens with zero attached hydrogens (tertiary/aromatic N) is 4. The number of piperazine rings is 1. The molecule has 0 radical (unpaired) electrons. The lowest BCUT2D eigenvalue weighted by Gasteiger charge is -2.29. The Labute approximate surface area is 123 Å². The number of nitrogens with one attached hydrogen (secondary N) is 1. The Morgan fingerprint density at radius 3 is 2.62 bits per heavy atom. The minimum Gasteiger partial charge on any atom is -0.369 e. The van der Waals surface area contributed by atoms with E-state index in [0.717, 1.165) is 43.2 Å². The molecule has 5 heteroatoms. The van der Waals surface area contributed by atoms with Gasteiger partial charge < -0.3 is 10.2 Å². The van der Waals surface area contributed by atoms with Crippen molar-refractivity contribution >= 4 is 11.3 Å². The van der Waals surface area contributed by atoms with Gasteiger partial charge in [-0.15, -0.1) is 5.10 Å². The molecule has 0 aliphatic carbocycles. The molecule has 3 heterocycles. The van der Waals surface area contributed by atoms with E-state index in [4.69, 9.17) is 0 Å². The molecule has 1 saturated heterocycles. The lowest BCUT2D eigenvalue weighted by molar-refractivity contribution is 0.589. The summed E-state index contributed by atoms with van der Waals surface area (Å²) in [5.74, 6) is 0.771. The summed E-state index contributed by atoms with van der Waals surface area (Å²) in [6, 6.07) is 14.3. The van der Waals surface area contributed by atoms with Crippen LogP contribution in [-0.2, 0) is 0 Å². The van der Waals surface area contributed by atoms with Crippen LogP contribution in [-0.4, -0.2) is 40.8 Å². The molecular weight excluding hydrogens is 262 g/mol. The Bertz CT molecular complexity index is 744. The normalized spacial score (nSPS) is 15.5. The molecule has 2 aromatic heterocycles. The lowest BCUT2D eigenvalue weighted by Crippen LogP contribution is -2.43. The van der Waals surface area contributed by atoms with Gasteiger partial charge >= 0.3 is 0 Å². The Hall–Kier alpha value is -2.40. The van der Waals surface area contributed by atoms with Crippen LogP contribution in [0.5, 0.6) is 0 Å². The van der Waals surface area contributed by atoms with Crippen LogP contribution in [0.3, 0.4) is 0 Å². The van der Waals surface area contributed by atoms with Crippen LogP contribution in [0.1, 0.15) is 0 Å². The third-order valence-corrected chi connectivity index (χ3v) is 3.84. The van der Waals surface area contributed by atoms with Crippen LogP contribution >= 0.6 is 0 Å². The highest BCUT2D eigenvalue weighted by Crippen LogP contribution is 2.20. The second-order valence-corrected chi connectivity index (χ2v) is 5.23. The van der Waals surface area contributed by atoms with Gasteiger partial charge in [-0.05, 0) is 6.07 Å². The van der Waals surface area contributed by atoms with E-state index in [1.165, 1.54) is 5.69 Å². The van der Waals surface area contributed by atoms with Crippen LogP contribution in [0.2, 0.25) is 0 Å². The summed E-state index contributed by atoms with van der Waals surface area (Å²) in [4.78, 5) is 7.03. The molecule has 1 N–H and O–H groups in total. The summed E-state index contributed by atoms with van der Waals surface area (Å²) in [7, 11) is 0. The molecule has 0 amide bonds. The van der Waals surface area contributed by atoms with E-state index >= 15 is 0 Å². The van der Waals surface area contributed by atoms with Crippen molar-refractivity contribution in [2.75, 3.05) is 31.1 Å². The van der Waals surface area contributed by atoms with E-state index in [2.05, 4.69) is 32.4 Å². The lowest BCUT2D eigenvalue weighted by atomic mass is 10.2. The van der Waals surface area contributed by atoms with E-state index in [9.17, 15) is 0 Å². The molecule has 0 unspecified atom stereocenters. The Morgan fingerprint density at radius 1 is 1.00 bits per heavy atom. The molecule has 0 atom stereocenters. The highest BCUT2D eigenvalue weighted by Gasteiger charge is 2.12. The summed E-state index contributed by atoms with van der Waals surface area (Å²) >= 11 is 0. The van der Waals surface area contributed by atoms with Crippen LogP contribution in [0.25, 0.3) is 17.0 Å². The van der Waals surface area contributed by atoms with Crippen molar-refractivity contribution in [2.45, 2.75) is 0 Å². The molecule has 1 aliphatic heterocycles. The fraction of sp³-hybridized carbons (Fsp3) is 0.250. The molecule has 0 bridgehead atoms. The van der Waals surface area contributed by atoms with Crippen molar-refractivity contribution in [1.29, 1.82) is 0 Å². The van der Waals surface area contributed by atoms with Crippen molar-refractivity contribution in [3.63, 3.8) is 0 Å². The van der Waals surface area contributed by atoms with Gasteiger partial charge in [0, 0.05) is 49.7 Å². The molecular formula is C16H17N5. The quantitative estimate of drug-likeness (QED) is 0.777. The van der Waals surface area contributed by atoms with Crippen LogP contribution in [0, 0.1) is 0 Å². The van der Waals surface area contributed by atoms with Crippen LogP contribution in [0.15, 0.2) is 48.7 Å². The molecule has 1 aromatic carbocycles. The van der Waals surface area contributed by atoms with Crippen molar-refractivity contribution in [3.8, 4) is 11.4 Å². The molecule has 0 saturated carbocycles. The predicted octanol–water partition coefficient (Wildman–Crippen LogP) is 1.81. The van der Waals surface area contributed by atoms with Crippen molar-refractivity contribution in [2.24, 2.45) is 0 Å². The van der Waals surface area contributed by atoms with Gasteiger partial charge in [0.15, 0.2) is 11.5 Å². The second-order valence-electron chi connectivity index (χ2n) is 5.23. The minimum atomic E-state index is 0.771. The van der Waals surface area contributed by atoms with Gasteiger partial charge in [0.2, 0.25) is 0 Å². The largest absolute Gasteiger partial charge is 0.369 e. The summed E-state index contributed by atoms with van der Waals surface area (Å²) < 4.78 is 1.84. The van der Waals surface area contributed by atoms with Crippen molar-refractivity contribution in [1.82, 2.24) is 19.9 Å². The first-order valence-electron chi connectivity index (χ1n) is 7.28. The first-order chi connectivity index (χ1) is 10.4. The number of rotatable bonds is 2. The standard InChI is InChI=1S/C16H17N5/c1-2-4-13(5-3-1)16-18-15-12-14(6-9-21(15)19-16)20-10-7-17-8-11-20/h1-6,9,12,17H,7-8,10-11H2. The maximum absolute atomic E-state index is 4.65. The molecule has 5 nitrogen and oxygen atoms in total. The summed E-state index contributed by atoms with van der Waals surface area (Å²) in [6.45, 7) is 4.14. The van der Waals surface area contributed by atoms with Crippen LogP contribution < -0.4 is 10.2 Å². The molecule has 106 valence electrons. The summed E-state index contributed by atoms with van der Waals surface area (Å²) in [5.41, 5.74) is 3.16. The minimum absolute atomic E-state index is 0.771. The number of aromatic nitrogens is 3. The Balaban J connectivity index is 1.71.